The molecule has 22 heavy (non-hydrogen) atoms. The molecule has 0 bridgehead atoms. The van der Waals surface area contributed by atoms with Crippen LogP contribution in [-0.4, -0.2) is 32.8 Å². The predicted octanol–water partition coefficient (Wildman–Crippen LogP) is 2.73. The first-order valence-electron chi connectivity index (χ1n) is 7.19. The van der Waals surface area contributed by atoms with Crippen LogP contribution in [0.25, 0.3) is 0 Å². The van der Waals surface area contributed by atoms with E-state index >= 15 is 0 Å². The van der Waals surface area contributed by atoms with Crippen molar-refractivity contribution < 1.29 is 28.5 Å². The largest absolute Gasteiger partial charge is 0.493 e. The summed E-state index contributed by atoms with van der Waals surface area (Å²) in [5, 5.41) is 0. The summed E-state index contributed by atoms with van der Waals surface area (Å²) in [5.74, 6) is 0.0286. The molecule has 0 aliphatic heterocycles. The van der Waals surface area contributed by atoms with Gasteiger partial charge in [-0.1, -0.05) is 19.4 Å². The summed E-state index contributed by atoms with van der Waals surface area (Å²) >= 11 is 0. The average molecular weight is 310 g/mol. The number of carbonyl (C=O) groups is 2. The molecule has 0 spiro atoms. The Kier molecular flexibility index (Phi) is 7.81. The highest BCUT2D eigenvalue weighted by molar-refractivity contribution is 5.80. The van der Waals surface area contributed by atoms with Crippen LogP contribution in [0.5, 0.6) is 17.2 Å². The SMILES string of the molecule is CCCCOC(=O)CCC(=O)Oc1c(OC)cccc1OC. The van der Waals surface area contributed by atoms with E-state index in [9.17, 15) is 9.59 Å². The molecule has 0 saturated heterocycles. The average Bonchev–Trinajstić information content (AvgIpc) is 2.53. The molecule has 1 aromatic carbocycles. The van der Waals surface area contributed by atoms with E-state index in [0.29, 0.717) is 18.1 Å². The second-order valence-corrected chi connectivity index (χ2v) is 4.54. The van der Waals surface area contributed by atoms with Crippen LogP contribution in [0.1, 0.15) is 32.6 Å². The maximum Gasteiger partial charge on any atom is 0.312 e. The number of para-hydroxylation sites is 1. The van der Waals surface area contributed by atoms with Gasteiger partial charge in [-0.15, -0.1) is 0 Å². The van der Waals surface area contributed by atoms with Gasteiger partial charge in [-0.25, -0.2) is 0 Å². The van der Waals surface area contributed by atoms with Gasteiger partial charge in [-0.05, 0) is 18.6 Å². The quantitative estimate of drug-likeness (QED) is 0.397. The van der Waals surface area contributed by atoms with Crippen LogP contribution in [-0.2, 0) is 14.3 Å². The predicted molar refractivity (Wildman–Crippen MR) is 80.3 cm³/mol. The normalized spacial score (nSPS) is 9.95. The summed E-state index contributed by atoms with van der Waals surface area (Å²) in [6.45, 7) is 2.39. The lowest BCUT2D eigenvalue weighted by Gasteiger charge is -2.12. The number of hydrogen-bond donors (Lipinski definition) is 0. The summed E-state index contributed by atoms with van der Waals surface area (Å²) in [6, 6.07) is 5.04. The Balaban J connectivity index is 2.53. The molecule has 0 fully saturated rings. The second kappa shape index (κ2) is 9.65. The van der Waals surface area contributed by atoms with Crippen LogP contribution < -0.4 is 14.2 Å². The van der Waals surface area contributed by atoms with Crippen molar-refractivity contribution in [3.8, 4) is 17.2 Å². The van der Waals surface area contributed by atoms with E-state index in [4.69, 9.17) is 18.9 Å². The Morgan fingerprint density at radius 3 is 2.14 bits per heavy atom. The van der Waals surface area contributed by atoms with Crippen molar-refractivity contribution in [3.63, 3.8) is 0 Å². The van der Waals surface area contributed by atoms with E-state index in [2.05, 4.69) is 0 Å². The van der Waals surface area contributed by atoms with Crippen molar-refractivity contribution in [1.29, 1.82) is 0 Å². The molecule has 0 atom stereocenters. The highest BCUT2D eigenvalue weighted by Gasteiger charge is 2.16. The molecular weight excluding hydrogens is 288 g/mol. The lowest BCUT2D eigenvalue weighted by molar-refractivity contribution is -0.147. The van der Waals surface area contributed by atoms with Crippen LogP contribution >= 0.6 is 0 Å². The van der Waals surface area contributed by atoms with E-state index in [-0.39, 0.29) is 18.6 Å². The Morgan fingerprint density at radius 2 is 1.59 bits per heavy atom. The lowest BCUT2D eigenvalue weighted by Crippen LogP contribution is -2.13. The van der Waals surface area contributed by atoms with E-state index in [1.165, 1.54) is 14.2 Å². The molecule has 0 unspecified atom stereocenters. The van der Waals surface area contributed by atoms with Crippen molar-refractivity contribution in [3.05, 3.63) is 18.2 Å². The molecule has 6 heteroatoms. The fourth-order valence-electron chi connectivity index (χ4n) is 1.69. The van der Waals surface area contributed by atoms with Crippen molar-refractivity contribution in [1.82, 2.24) is 0 Å². The minimum Gasteiger partial charge on any atom is -0.493 e. The molecule has 0 radical (unpaired) electrons. The fourth-order valence-corrected chi connectivity index (χ4v) is 1.69. The number of esters is 2. The smallest absolute Gasteiger partial charge is 0.312 e. The first-order chi connectivity index (χ1) is 10.6. The van der Waals surface area contributed by atoms with Crippen molar-refractivity contribution >= 4 is 11.9 Å². The molecule has 0 N–H and O–H groups in total. The number of methoxy groups -OCH3 is 2. The summed E-state index contributed by atoms with van der Waals surface area (Å²) < 4.78 is 20.5. The topological polar surface area (TPSA) is 71.1 Å². The van der Waals surface area contributed by atoms with Gasteiger partial charge in [0.2, 0.25) is 5.75 Å². The zero-order valence-corrected chi connectivity index (χ0v) is 13.2. The summed E-state index contributed by atoms with van der Waals surface area (Å²) in [7, 11) is 2.94. The molecule has 0 amide bonds. The molecule has 0 heterocycles. The van der Waals surface area contributed by atoms with Gasteiger partial charge in [0.1, 0.15) is 0 Å². The molecular formula is C16H22O6. The maximum absolute atomic E-state index is 11.8. The molecule has 0 saturated carbocycles. The van der Waals surface area contributed by atoms with Crippen molar-refractivity contribution in [2.24, 2.45) is 0 Å². The number of ether oxygens (including phenoxy) is 4. The molecule has 6 nitrogen and oxygen atoms in total. The first kappa shape index (κ1) is 17.8. The van der Waals surface area contributed by atoms with Gasteiger partial charge in [0.05, 0.1) is 33.7 Å². The standard InChI is InChI=1S/C16H22O6/c1-4-5-11-21-14(17)9-10-15(18)22-16-12(19-2)7-6-8-13(16)20-3/h6-8H,4-5,9-11H2,1-3H3. The molecule has 1 aromatic rings. The lowest BCUT2D eigenvalue weighted by atomic mass is 10.3. The van der Waals surface area contributed by atoms with Crippen LogP contribution in [0, 0.1) is 0 Å². The number of hydrogen-bond acceptors (Lipinski definition) is 6. The van der Waals surface area contributed by atoms with Gasteiger partial charge in [0, 0.05) is 0 Å². The van der Waals surface area contributed by atoms with E-state index in [0.717, 1.165) is 12.8 Å². The molecule has 0 aromatic heterocycles. The van der Waals surface area contributed by atoms with E-state index in [1.54, 1.807) is 18.2 Å². The van der Waals surface area contributed by atoms with Gasteiger partial charge in [-0.3, -0.25) is 9.59 Å². The highest BCUT2D eigenvalue weighted by Crippen LogP contribution is 2.36. The van der Waals surface area contributed by atoms with Gasteiger partial charge in [0.15, 0.2) is 11.5 Å². The minimum absolute atomic E-state index is 0.0139. The zero-order valence-electron chi connectivity index (χ0n) is 13.2. The Bertz CT molecular complexity index is 475. The van der Waals surface area contributed by atoms with Gasteiger partial charge in [0.25, 0.3) is 0 Å². The minimum atomic E-state index is -0.546. The highest BCUT2D eigenvalue weighted by atomic mass is 16.6. The fraction of sp³-hybridized carbons (Fsp3) is 0.500. The van der Waals surface area contributed by atoms with Crippen LogP contribution in [0.3, 0.4) is 0 Å². The number of unbranched alkanes of at least 4 members (excludes halogenated alkanes) is 1. The van der Waals surface area contributed by atoms with Crippen LogP contribution in [0.15, 0.2) is 18.2 Å². The third kappa shape index (κ3) is 5.63. The Hall–Kier alpha value is -2.24. The van der Waals surface area contributed by atoms with E-state index in [1.807, 2.05) is 6.92 Å². The van der Waals surface area contributed by atoms with Crippen LogP contribution in [0.2, 0.25) is 0 Å². The Morgan fingerprint density at radius 1 is 1.00 bits per heavy atom. The van der Waals surface area contributed by atoms with Crippen LogP contribution in [0.4, 0.5) is 0 Å². The second-order valence-electron chi connectivity index (χ2n) is 4.54. The van der Waals surface area contributed by atoms with Gasteiger partial charge < -0.3 is 18.9 Å². The van der Waals surface area contributed by atoms with Gasteiger partial charge >= 0.3 is 11.9 Å². The molecule has 122 valence electrons. The van der Waals surface area contributed by atoms with Crippen molar-refractivity contribution in [2.45, 2.75) is 32.6 Å². The summed E-state index contributed by atoms with van der Waals surface area (Å²) in [6.07, 6.45) is 1.68. The summed E-state index contributed by atoms with van der Waals surface area (Å²) in [5.41, 5.74) is 0. The molecule has 1 rings (SSSR count). The Labute approximate surface area is 130 Å². The van der Waals surface area contributed by atoms with Crippen molar-refractivity contribution in [2.75, 3.05) is 20.8 Å². The molecule has 0 aliphatic carbocycles. The van der Waals surface area contributed by atoms with E-state index < -0.39 is 11.9 Å². The maximum atomic E-state index is 11.8. The first-order valence-corrected chi connectivity index (χ1v) is 7.19. The number of benzene rings is 1. The third-order valence-electron chi connectivity index (χ3n) is 2.89. The monoisotopic (exact) mass is 310 g/mol. The summed E-state index contributed by atoms with van der Waals surface area (Å²) in [4.78, 5) is 23.3. The zero-order chi connectivity index (χ0) is 16.4. The number of rotatable bonds is 9. The molecule has 0 aliphatic rings. The third-order valence-corrected chi connectivity index (χ3v) is 2.89. The number of carbonyl (C=O) groups excluding carboxylic acids is 2. The van der Waals surface area contributed by atoms with Gasteiger partial charge in [-0.2, -0.15) is 0 Å².